The van der Waals surface area contributed by atoms with Crippen LogP contribution in [0, 0.1) is 5.82 Å². The maximum Gasteiger partial charge on any atom is 0.278 e. The van der Waals surface area contributed by atoms with Crippen molar-refractivity contribution in [2.24, 2.45) is 0 Å². The molecule has 1 aliphatic carbocycles. The molecule has 6 nitrogen and oxygen atoms in total. The van der Waals surface area contributed by atoms with Gasteiger partial charge in [-0.05, 0) is 49.9 Å². The normalized spacial score (nSPS) is 19.3. The van der Waals surface area contributed by atoms with Crippen molar-refractivity contribution in [3.63, 3.8) is 0 Å². The van der Waals surface area contributed by atoms with Crippen LogP contribution >= 0.6 is 11.8 Å². The molecule has 1 aromatic carbocycles. The van der Waals surface area contributed by atoms with Crippen LogP contribution in [0.25, 0.3) is 0 Å². The molecule has 1 aromatic heterocycles. The van der Waals surface area contributed by atoms with E-state index in [-0.39, 0.29) is 23.9 Å². The molecule has 1 amide bonds. The van der Waals surface area contributed by atoms with Gasteiger partial charge in [0, 0.05) is 23.3 Å². The van der Waals surface area contributed by atoms with Gasteiger partial charge >= 0.3 is 0 Å². The quantitative estimate of drug-likeness (QED) is 0.731. The van der Waals surface area contributed by atoms with Crippen molar-refractivity contribution in [2.75, 3.05) is 12.9 Å². The van der Waals surface area contributed by atoms with Gasteiger partial charge in [0.2, 0.25) is 5.91 Å². The first-order chi connectivity index (χ1) is 13.1. The fourth-order valence-electron chi connectivity index (χ4n) is 2.97. The monoisotopic (exact) mass is 391 g/mol. The summed E-state index contributed by atoms with van der Waals surface area (Å²) in [6.07, 6.45) is 6.52. The number of halogens is 1. The lowest BCUT2D eigenvalue weighted by Gasteiger charge is -2.29. The number of methoxy groups -OCH3 is 1. The minimum absolute atomic E-state index is 0.00992. The van der Waals surface area contributed by atoms with Crippen molar-refractivity contribution in [3.05, 3.63) is 42.5 Å². The van der Waals surface area contributed by atoms with Crippen LogP contribution in [0.3, 0.4) is 0 Å². The Labute approximate surface area is 161 Å². The zero-order valence-corrected chi connectivity index (χ0v) is 15.9. The van der Waals surface area contributed by atoms with E-state index in [9.17, 15) is 9.18 Å². The summed E-state index contributed by atoms with van der Waals surface area (Å²) in [5, 5.41) is 3.07. The van der Waals surface area contributed by atoms with Gasteiger partial charge in [0.1, 0.15) is 11.9 Å². The van der Waals surface area contributed by atoms with Crippen LogP contribution in [0.2, 0.25) is 0 Å². The Hall–Kier alpha value is -2.35. The second kappa shape index (κ2) is 9.55. The molecule has 27 heavy (non-hydrogen) atoms. The highest BCUT2D eigenvalue weighted by Crippen LogP contribution is 2.27. The van der Waals surface area contributed by atoms with Crippen molar-refractivity contribution in [1.82, 2.24) is 15.3 Å². The van der Waals surface area contributed by atoms with Gasteiger partial charge in [-0.2, -0.15) is 0 Å². The zero-order chi connectivity index (χ0) is 19.1. The second-order valence-corrected chi connectivity index (χ2v) is 7.32. The summed E-state index contributed by atoms with van der Waals surface area (Å²) in [4.78, 5) is 21.3. The van der Waals surface area contributed by atoms with Crippen LogP contribution in [0.4, 0.5) is 4.39 Å². The molecule has 1 N–H and O–H groups in total. The predicted molar refractivity (Wildman–Crippen MR) is 101 cm³/mol. The summed E-state index contributed by atoms with van der Waals surface area (Å²) in [5.41, 5.74) is 0. The van der Waals surface area contributed by atoms with Gasteiger partial charge in [0.15, 0.2) is 0 Å². The molecule has 1 saturated carbocycles. The Morgan fingerprint density at radius 3 is 2.48 bits per heavy atom. The van der Waals surface area contributed by atoms with Crippen LogP contribution in [0.15, 0.2) is 41.6 Å². The van der Waals surface area contributed by atoms with E-state index in [0.717, 1.165) is 30.6 Å². The van der Waals surface area contributed by atoms with E-state index in [1.807, 2.05) is 0 Å². The van der Waals surface area contributed by atoms with Gasteiger partial charge in [-0.25, -0.2) is 14.4 Å². The van der Waals surface area contributed by atoms with E-state index < -0.39 is 0 Å². The number of ether oxygens (including phenoxy) is 2. The molecule has 0 bridgehead atoms. The van der Waals surface area contributed by atoms with Crippen LogP contribution in [0.1, 0.15) is 25.7 Å². The summed E-state index contributed by atoms with van der Waals surface area (Å²) in [6.45, 7) is 0. The van der Waals surface area contributed by atoms with Gasteiger partial charge < -0.3 is 14.8 Å². The van der Waals surface area contributed by atoms with Gasteiger partial charge in [0.25, 0.3) is 11.8 Å². The predicted octanol–water partition coefficient (Wildman–Crippen LogP) is 3.22. The molecule has 0 unspecified atom stereocenters. The Morgan fingerprint density at radius 1 is 1.15 bits per heavy atom. The van der Waals surface area contributed by atoms with Crippen molar-refractivity contribution in [2.45, 2.75) is 42.7 Å². The van der Waals surface area contributed by atoms with Crippen molar-refractivity contribution < 1.29 is 18.7 Å². The van der Waals surface area contributed by atoms with Crippen LogP contribution < -0.4 is 14.8 Å². The highest BCUT2D eigenvalue weighted by atomic mass is 32.2. The number of carbonyl (C=O) groups is 1. The van der Waals surface area contributed by atoms with Gasteiger partial charge in [-0.15, -0.1) is 11.8 Å². The molecular formula is C19H22FN3O3S. The number of carbonyl (C=O) groups excluding carboxylic acids is 1. The smallest absolute Gasteiger partial charge is 0.278 e. The number of hydrogen-bond acceptors (Lipinski definition) is 6. The fourth-order valence-corrected chi connectivity index (χ4v) is 3.67. The average molecular weight is 391 g/mol. The first-order valence-electron chi connectivity index (χ1n) is 8.83. The molecular weight excluding hydrogens is 369 g/mol. The Kier molecular flexibility index (Phi) is 6.86. The first-order valence-corrected chi connectivity index (χ1v) is 9.82. The lowest BCUT2D eigenvalue weighted by atomic mass is 9.93. The summed E-state index contributed by atoms with van der Waals surface area (Å²) in [6, 6.07) is 6.30. The molecule has 144 valence electrons. The maximum atomic E-state index is 12.9. The van der Waals surface area contributed by atoms with E-state index in [4.69, 9.17) is 9.47 Å². The molecule has 2 aromatic rings. The molecule has 0 spiro atoms. The van der Waals surface area contributed by atoms with Crippen LogP contribution in [0.5, 0.6) is 11.8 Å². The van der Waals surface area contributed by atoms with E-state index in [0.29, 0.717) is 17.5 Å². The van der Waals surface area contributed by atoms with E-state index in [1.165, 1.54) is 31.0 Å². The van der Waals surface area contributed by atoms with Gasteiger partial charge in [-0.3, -0.25) is 4.79 Å². The number of rotatable bonds is 7. The summed E-state index contributed by atoms with van der Waals surface area (Å²) >= 11 is 1.40. The minimum atomic E-state index is -0.276. The van der Waals surface area contributed by atoms with Crippen LogP contribution in [-0.2, 0) is 4.79 Å². The molecule has 3 rings (SSSR count). The molecule has 1 heterocycles. The number of amides is 1. The second-order valence-electron chi connectivity index (χ2n) is 6.27. The molecule has 1 aliphatic rings. The number of nitrogens with one attached hydrogen (secondary N) is 1. The lowest BCUT2D eigenvalue weighted by molar-refractivity contribution is -0.119. The summed E-state index contributed by atoms with van der Waals surface area (Å²) in [7, 11) is 1.53. The van der Waals surface area contributed by atoms with Crippen molar-refractivity contribution in [1.29, 1.82) is 0 Å². The largest absolute Gasteiger partial charge is 0.477 e. The fraction of sp³-hybridized carbons (Fsp3) is 0.421. The number of aromatic nitrogens is 2. The molecule has 8 heteroatoms. The third-order valence-electron chi connectivity index (χ3n) is 4.33. The third kappa shape index (κ3) is 5.82. The van der Waals surface area contributed by atoms with E-state index >= 15 is 0 Å². The number of hydrogen-bond donors (Lipinski definition) is 1. The molecule has 0 saturated heterocycles. The lowest BCUT2D eigenvalue weighted by Crippen LogP contribution is -2.40. The SMILES string of the molecule is COc1nccnc1OC1CCC(NC(=O)CSc2ccc(F)cc2)CC1. The molecule has 1 fully saturated rings. The number of thioether (sulfide) groups is 1. The molecule has 0 atom stereocenters. The zero-order valence-electron chi connectivity index (χ0n) is 15.1. The summed E-state index contributed by atoms with van der Waals surface area (Å²) < 4.78 is 23.9. The first kappa shape index (κ1) is 19.4. The Bertz CT molecular complexity index is 752. The maximum absolute atomic E-state index is 12.9. The van der Waals surface area contributed by atoms with Crippen LogP contribution in [-0.4, -0.2) is 40.9 Å². The molecule has 0 aliphatic heterocycles. The van der Waals surface area contributed by atoms with Gasteiger partial charge in [0.05, 0.1) is 12.9 Å². The topological polar surface area (TPSA) is 73.3 Å². The van der Waals surface area contributed by atoms with E-state index in [1.54, 1.807) is 24.5 Å². The Balaban J connectivity index is 1.40. The third-order valence-corrected chi connectivity index (χ3v) is 5.34. The minimum Gasteiger partial charge on any atom is -0.477 e. The standard InChI is InChI=1S/C19H22FN3O3S/c1-25-18-19(22-11-10-21-18)26-15-6-4-14(5-7-15)23-17(24)12-27-16-8-2-13(20)3-9-16/h2-3,8-11,14-15H,4-7,12H2,1H3,(H,23,24). The van der Waals surface area contributed by atoms with Crippen molar-refractivity contribution >= 4 is 17.7 Å². The van der Waals surface area contributed by atoms with Gasteiger partial charge in [-0.1, -0.05) is 0 Å². The number of nitrogens with zero attached hydrogens (tertiary/aromatic N) is 2. The summed E-state index contributed by atoms with van der Waals surface area (Å²) in [5.74, 6) is 0.818. The van der Waals surface area contributed by atoms with Crippen molar-refractivity contribution in [3.8, 4) is 11.8 Å². The number of benzene rings is 1. The molecule has 0 radical (unpaired) electrons. The highest BCUT2D eigenvalue weighted by molar-refractivity contribution is 8.00. The Morgan fingerprint density at radius 2 is 1.81 bits per heavy atom. The highest BCUT2D eigenvalue weighted by Gasteiger charge is 2.25. The van der Waals surface area contributed by atoms with E-state index in [2.05, 4.69) is 15.3 Å². The average Bonchev–Trinajstić information content (AvgIpc) is 2.69.